The summed E-state index contributed by atoms with van der Waals surface area (Å²) in [4.78, 5) is 18.3. The third-order valence-electron chi connectivity index (χ3n) is 4.14. The van der Waals surface area contributed by atoms with E-state index in [1.807, 2.05) is 20.8 Å². The first-order valence-electron chi connectivity index (χ1n) is 8.11. The van der Waals surface area contributed by atoms with E-state index in [9.17, 15) is 9.18 Å². The molecule has 0 aliphatic carbocycles. The van der Waals surface area contributed by atoms with Crippen LogP contribution in [-0.4, -0.2) is 28.6 Å². The van der Waals surface area contributed by atoms with Crippen molar-refractivity contribution in [2.45, 2.75) is 45.1 Å². The number of aromatic nitrogens is 2. The summed E-state index contributed by atoms with van der Waals surface area (Å²) in [6.07, 6.45) is 2.75. The lowest BCUT2D eigenvalue weighted by atomic mass is 9.92. The summed E-state index contributed by atoms with van der Waals surface area (Å²) in [6, 6.07) is 2.38. The van der Waals surface area contributed by atoms with Gasteiger partial charge in [0, 0.05) is 24.2 Å². The zero-order valence-electron chi connectivity index (χ0n) is 14.3. The van der Waals surface area contributed by atoms with Gasteiger partial charge in [-0.1, -0.05) is 37.5 Å². The largest absolute Gasteiger partial charge is 0.342 e. The van der Waals surface area contributed by atoms with Crippen molar-refractivity contribution in [3.8, 4) is 0 Å². The first-order valence-corrected chi connectivity index (χ1v) is 8.49. The first kappa shape index (κ1) is 17.7. The fraction of sp³-hybridized carbons (Fsp3) is 0.471. The lowest BCUT2D eigenvalue weighted by molar-refractivity contribution is -0.117. The van der Waals surface area contributed by atoms with Crippen LogP contribution in [-0.2, 0) is 10.2 Å². The lowest BCUT2D eigenvalue weighted by Gasteiger charge is -2.24. The minimum atomic E-state index is -0.540. The molecule has 0 bridgehead atoms. The third-order valence-corrected chi connectivity index (χ3v) is 4.35. The van der Waals surface area contributed by atoms with Gasteiger partial charge in [0.15, 0.2) is 11.6 Å². The molecule has 8 heteroatoms. The second-order valence-corrected chi connectivity index (χ2v) is 7.56. The third kappa shape index (κ3) is 3.76. The van der Waals surface area contributed by atoms with E-state index >= 15 is 0 Å². The van der Waals surface area contributed by atoms with Crippen molar-refractivity contribution in [2.75, 3.05) is 16.8 Å². The highest BCUT2D eigenvalue weighted by Gasteiger charge is 2.34. The fourth-order valence-electron chi connectivity index (χ4n) is 2.80. The Morgan fingerprint density at radius 2 is 2.20 bits per heavy atom. The maximum absolute atomic E-state index is 14.2. The molecule has 1 aliphatic rings. The van der Waals surface area contributed by atoms with Crippen molar-refractivity contribution >= 4 is 29.2 Å². The summed E-state index contributed by atoms with van der Waals surface area (Å²) < 4.78 is 19.3. The van der Waals surface area contributed by atoms with Gasteiger partial charge in [0.05, 0.1) is 10.7 Å². The molecular formula is C17H20ClFN4O2. The molecular weight excluding hydrogens is 347 g/mol. The fourth-order valence-corrected chi connectivity index (χ4v) is 2.95. The maximum Gasteiger partial charge on any atom is 0.249 e. The molecule has 3 heterocycles. The van der Waals surface area contributed by atoms with Gasteiger partial charge in [-0.15, -0.1) is 0 Å². The van der Waals surface area contributed by atoms with Gasteiger partial charge in [0.25, 0.3) is 0 Å². The van der Waals surface area contributed by atoms with Gasteiger partial charge in [-0.25, -0.2) is 9.37 Å². The molecule has 1 N–H and O–H groups in total. The highest BCUT2D eigenvalue weighted by atomic mass is 35.5. The van der Waals surface area contributed by atoms with E-state index in [2.05, 4.69) is 15.5 Å². The number of carbonyl (C=O) groups is 1. The van der Waals surface area contributed by atoms with Crippen LogP contribution in [0.3, 0.4) is 0 Å². The number of nitrogens with zero attached hydrogens (tertiary/aromatic N) is 3. The smallest absolute Gasteiger partial charge is 0.249 e. The summed E-state index contributed by atoms with van der Waals surface area (Å²) >= 11 is 5.75. The molecule has 2 aromatic rings. The van der Waals surface area contributed by atoms with Gasteiger partial charge in [-0.2, -0.15) is 0 Å². The van der Waals surface area contributed by atoms with E-state index in [0.29, 0.717) is 13.0 Å². The summed E-state index contributed by atoms with van der Waals surface area (Å²) in [5, 5.41) is 6.92. The lowest BCUT2D eigenvalue weighted by Crippen LogP contribution is -2.40. The maximum atomic E-state index is 14.2. The number of hydrogen-bond donors (Lipinski definition) is 1. The van der Waals surface area contributed by atoms with E-state index in [4.69, 9.17) is 16.1 Å². The van der Waals surface area contributed by atoms with Crippen molar-refractivity contribution in [1.29, 1.82) is 0 Å². The second-order valence-electron chi connectivity index (χ2n) is 7.13. The minimum Gasteiger partial charge on any atom is -0.342 e. The molecule has 3 rings (SSSR count). The second kappa shape index (κ2) is 6.63. The minimum absolute atomic E-state index is 0.134. The van der Waals surface area contributed by atoms with E-state index in [1.54, 1.807) is 11.0 Å². The molecule has 1 saturated heterocycles. The molecule has 1 atom stereocenters. The molecule has 0 radical (unpaired) electrons. The molecule has 25 heavy (non-hydrogen) atoms. The van der Waals surface area contributed by atoms with Gasteiger partial charge in [0.2, 0.25) is 11.8 Å². The number of nitrogens with one attached hydrogen (secondary N) is 1. The van der Waals surface area contributed by atoms with Crippen LogP contribution in [0.4, 0.5) is 16.1 Å². The summed E-state index contributed by atoms with van der Waals surface area (Å²) in [6.45, 7) is 6.56. The highest BCUT2D eigenvalue weighted by Crippen LogP contribution is 2.29. The highest BCUT2D eigenvalue weighted by molar-refractivity contribution is 6.30. The van der Waals surface area contributed by atoms with E-state index in [0.717, 1.165) is 12.1 Å². The monoisotopic (exact) mass is 366 g/mol. The van der Waals surface area contributed by atoms with E-state index in [-0.39, 0.29) is 28.0 Å². The molecule has 1 aliphatic heterocycles. The molecule has 134 valence electrons. The molecule has 1 fully saturated rings. The van der Waals surface area contributed by atoms with Crippen LogP contribution in [0.2, 0.25) is 5.02 Å². The van der Waals surface area contributed by atoms with Crippen molar-refractivity contribution < 1.29 is 13.7 Å². The summed E-state index contributed by atoms with van der Waals surface area (Å²) in [7, 11) is 0. The van der Waals surface area contributed by atoms with Crippen LogP contribution < -0.4 is 10.2 Å². The quantitative estimate of drug-likeness (QED) is 0.895. The van der Waals surface area contributed by atoms with Crippen LogP contribution in [0, 0.1) is 5.82 Å². The van der Waals surface area contributed by atoms with E-state index in [1.165, 1.54) is 12.3 Å². The number of carbonyl (C=O) groups excluding carboxylic acids is 1. The average molecular weight is 367 g/mol. The molecule has 6 nitrogen and oxygen atoms in total. The molecule has 0 aromatic carbocycles. The zero-order chi connectivity index (χ0) is 18.2. The van der Waals surface area contributed by atoms with Crippen LogP contribution in [0.5, 0.6) is 0 Å². The predicted molar refractivity (Wildman–Crippen MR) is 93.4 cm³/mol. The number of amides is 1. The predicted octanol–water partition coefficient (Wildman–Crippen LogP) is 3.77. The molecule has 2 aromatic heterocycles. The Bertz CT molecular complexity index is 787. The normalized spacial score (nSPS) is 17.8. The van der Waals surface area contributed by atoms with Crippen LogP contribution in [0.15, 0.2) is 22.9 Å². The van der Waals surface area contributed by atoms with Crippen LogP contribution >= 0.6 is 11.6 Å². The number of pyridine rings is 1. The number of rotatable bonds is 3. The topological polar surface area (TPSA) is 71.3 Å². The van der Waals surface area contributed by atoms with Crippen molar-refractivity contribution in [3.63, 3.8) is 0 Å². The number of anilines is 2. The van der Waals surface area contributed by atoms with Crippen molar-refractivity contribution in [2.24, 2.45) is 0 Å². The standard InChI is InChI=1S/C17H20ClFN4O2/c1-17(2,3)13-8-14(25-22-13)21-16(24)12-5-4-6-23(12)15-11(19)7-10(18)9-20-15/h7-9,12H,4-6H2,1-3H3,(H,21,24)/t12-/m0/s1. The Kier molecular flexibility index (Phi) is 4.69. The van der Waals surface area contributed by atoms with Crippen molar-refractivity contribution in [3.05, 3.63) is 34.9 Å². The van der Waals surface area contributed by atoms with Gasteiger partial charge >= 0.3 is 0 Å². The number of hydrogen-bond acceptors (Lipinski definition) is 5. The average Bonchev–Trinajstić information content (AvgIpc) is 3.15. The van der Waals surface area contributed by atoms with Gasteiger partial charge in [0.1, 0.15) is 6.04 Å². The van der Waals surface area contributed by atoms with Crippen LogP contribution in [0.25, 0.3) is 0 Å². The van der Waals surface area contributed by atoms with E-state index < -0.39 is 11.9 Å². The SMILES string of the molecule is CC(C)(C)c1cc(NC(=O)[C@@H]2CCCN2c2ncc(Cl)cc2F)on1. The van der Waals surface area contributed by atoms with Crippen molar-refractivity contribution in [1.82, 2.24) is 10.1 Å². The summed E-state index contributed by atoms with van der Waals surface area (Å²) in [5.74, 6) is -0.395. The Hall–Kier alpha value is -2.15. The summed E-state index contributed by atoms with van der Waals surface area (Å²) in [5.41, 5.74) is 0.568. The molecule has 0 spiro atoms. The Labute approximate surface area is 150 Å². The molecule has 0 saturated carbocycles. The molecule has 1 amide bonds. The molecule has 0 unspecified atom stereocenters. The van der Waals surface area contributed by atoms with Gasteiger partial charge < -0.3 is 9.42 Å². The Morgan fingerprint density at radius 1 is 1.44 bits per heavy atom. The number of halogens is 2. The van der Waals surface area contributed by atoms with Crippen LogP contribution in [0.1, 0.15) is 39.3 Å². The van der Waals surface area contributed by atoms with Gasteiger partial charge in [-0.05, 0) is 18.9 Å². The first-order chi connectivity index (χ1) is 11.8. The Balaban J connectivity index is 1.76. The zero-order valence-corrected chi connectivity index (χ0v) is 15.1. The Morgan fingerprint density at radius 3 is 2.84 bits per heavy atom. The van der Waals surface area contributed by atoms with Gasteiger partial charge in [-0.3, -0.25) is 10.1 Å².